The maximum absolute atomic E-state index is 12.0. The first kappa shape index (κ1) is 11.6. The Kier molecular flexibility index (Phi) is 3.42. The summed E-state index contributed by atoms with van der Waals surface area (Å²) in [6.07, 6.45) is 0.635. The van der Waals surface area contributed by atoms with E-state index in [2.05, 4.69) is 5.32 Å². The monoisotopic (exact) mass is 232 g/mol. The molecule has 0 radical (unpaired) electrons. The summed E-state index contributed by atoms with van der Waals surface area (Å²) in [7, 11) is 0. The standard InChI is InChI=1S/C13H16N2O2/c1-2-11-13(17)15(9-12(16)14-11)8-10-6-4-3-5-7-10/h3-7,11H,2,8-9H2,1H3,(H,14,16)/t11-/m0/s1. The van der Waals surface area contributed by atoms with Crippen LogP contribution in [0.3, 0.4) is 0 Å². The lowest BCUT2D eigenvalue weighted by molar-refractivity contribution is -0.144. The second kappa shape index (κ2) is 4.99. The van der Waals surface area contributed by atoms with E-state index in [1.54, 1.807) is 4.90 Å². The highest BCUT2D eigenvalue weighted by atomic mass is 16.2. The molecule has 1 aromatic carbocycles. The molecule has 1 aliphatic heterocycles. The third kappa shape index (κ3) is 2.64. The molecule has 1 fully saturated rings. The summed E-state index contributed by atoms with van der Waals surface area (Å²) >= 11 is 0. The third-order valence-electron chi connectivity index (χ3n) is 2.90. The first-order valence-electron chi connectivity index (χ1n) is 5.82. The molecule has 0 saturated carbocycles. The Morgan fingerprint density at radius 2 is 2.00 bits per heavy atom. The number of hydrogen-bond acceptors (Lipinski definition) is 2. The average molecular weight is 232 g/mol. The zero-order valence-electron chi connectivity index (χ0n) is 9.85. The Morgan fingerprint density at radius 3 is 2.65 bits per heavy atom. The van der Waals surface area contributed by atoms with Crippen molar-refractivity contribution in [3.05, 3.63) is 35.9 Å². The molecule has 4 nitrogen and oxygen atoms in total. The number of nitrogens with one attached hydrogen (secondary N) is 1. The molecular formula is C13H16N2O2. The predicted molar refractivity (Wildman–Crippen MR) is 64.1 cm³/mol. The van der Waals surface area contributed by atoms with Crippen molar-refractivity contribution in [2.24, 2.45) is 0 Å². The summed E-state index contributed by atoms with van der Waals surface area (Å²) in [4.78, 5) is 25.1. The van der Waals surface area contributed by atoms with Gasteiger partial charge in [0.25, 0.3) is 0 Å². The zero-order valence-corrected chi connectivity index (χ0v) is 9.85. The van der Waals surface area contributed by atoms with Crippen LogP contribution in [-0.4, -0.2) is 29.3 Å². The van der Waals surface area contributed by atoms with Crippen molar-refractivity contribution in [3.63, 3.8) is 0 Å². The van der Waals surface area contributed by atoms with Gasteiger partial charge in [-0.2, -0.15) is 0 Å². The van der Waals surface area contributed by atoms with Gasteiger partial charge < -0.3 is 10.2 Å². The first-order valence-corrected chi connectivity index (χ1v) is 5.82. The van der Waals surface area contributed by atoms with Crippen molar-refractivity contribution >= 4 is 11.8 Å². The number of rotatable bonds is 3. The van der Waals surface area contributed by atoms with Crippen molar-refractivity contribution in [2.45, 2.75) is 25.9 Å². The number of amides is 2. The van der Waals surface area contributed by atoms with E-state index in [9.17, 15) is 9.59 Å². The Balaban J connectivity index is 2.09. The molecule has 1 N–H and O–H groups in total. The van der Waals surface area contributed by atoms with E-state index in [1.807, 2.05) is 37.3 Å². The fourth-order valence-corrected chi connectivity index (χ4v) is 1.99. The summed E-state index contributed by atoms with van der Waals surface area (Å²) in [6.45, 7) is 2.56. The summed E-state index contributed by atoms with van der Waals surface area (Å²) in [5, 5.41) is 2.70. The molecule has 1 saturated heterocycles. The van der Waals surface area contributed by atoms with Crippen LogP contribution in [-0.2, 0) is 16.1 Å². The maximum Gasteiger partial charge on any atom is 0.245 e. The number of carbonyl (C=O) groups is 2. The molecule has 0 unspecified atom stereocenters. The van der Waals surface area contributed by atoms with Crippen LogP contribution in [0, 0.1) is 0 Å². The van der Waals surface area contributed by atoms with E-state index < -0.39 is 0 Å². The van der Waals surface area contributed by atoms with Crippen LogP contribution in [0.25, 0.3) is 0 Å². The molecule has 90 valence electrons. The van der Waals surface area contributed by atoms with Gasteiger partial charge in [0.2, 0.25) is 11.8 Å². The lowest BCUT2D eigenvalue weighted by atomic mass is 10.1. The molecule has 1 heterocycles. The lowest BCUT2D eigenvalue weighted by Gasteiger charge is -2.32. The highest BCUT2D eigenvalue weighted by Gasteiger charge is 2.30. The van der Waals surface area contributed by atoms with Crippen LogP contribution in [0.4, 0.5) is 0 Å². The summed E-state index contributed by atoms with van der Waals surface area (Å²) < 4.78 is 0. The van der Waals surface area contributed by atoms with Crippen LogP contribution in [0.1, 0.15) is 18.9 Å². The fourth-order valence-electron chi connectivity index (χ4n) is 1.99. The number of carbonyl (C=O) groups excluding carboxylic acids is 2. The van der Waals surface area contributed by atoms with Crippen molar-refractivity contribution in [1.29, 1.82) is 0 Å². The van der Waals surface area contributed by atoms with Crippen molar-refractivity contribution < 1.29 is 9.59 Å². The van der Waals surface area contributed by atoms with Gasteiger partial charge in [-0.15, -0.1) is 0 Å². The van der Waals surface area contributed by atoms with Crippen LogP contribution in [0.5, 0.6) is 0 Å². The molecule has 2 amide bonds. The highest BCUT2D eigenvalue weighted by molar-refractivity contribution is 5.94. The number of piperazine rings is 1. The smallest absolute Gasteiger partial charge is 0.245 e. The molecule has 1 aromatic rings. The summed E-state index contributed by atoms with van der Waals surface area (Å²) in [5.41, 5.74) is 1.05. The number of benzene rings is 1. The van der Waals surface area contributed by atoms with Crippen LogP contribution < -0.4 is 5.32 Å². The highest BCUT2D eigenvalue weighted by Crippen LogP contribution is 2.10. The van der Waals surface area contributed by atoms with Crippen molar-refractivity contribution in [2.75, 3.05) is 6.54 Å². The number of hydrogen-bond donors (Lipinski definition) is 1. The molecular weight excluding hydrogens is 216 g/mol. The van der Waals surface area contributed by atoms with Gasteiger partial charge in [-0.25, -0.2) is 0 Å². The van der Waals surface area contributed by atoms with Gasteiger partial charge >= 0.3 is 0 Å². The maximum atomic E-state index is 12.0. The predicted octanol–water partition coefficient (Wildman–Crippen LogP) is 0.924. The molecule has 17 heavy (non-hydrogen) atoms. The quantitative estimate of drug-likeness (QED) is 0.842. The molecule has 0 aromatic heterocycles. The van der Waals surface area contributed by atoms with Gasteiger partial charge in [0.15, 0.2) is 0 Å². The SMILES string of the molecule is CC[C@@H]1NC(=O)CN(Cc2ccccc2)C1=O. The second-order valence-corrected chi connectivity index (χ2v) is 4.21. The largest absolute Gasteiger partial charge is 0.343 e. The van der Waals surface area contributed by atoms with E-state index >= 15 is 0 Å². The first-order chi connectivity index (χ1) is 8.20. The minimum absolute atomic E-state index is 0.0101. The van der Waals surface area contributed by atoms with Crippen LogP contribution >= 0.6 is 0 Å². The molecule has 1 atom stereocenters. The molecule has 4 heteroatoms. The van der Waals surface area contributed by atoms with E-state index in [1.165, 1.54) is 0 Å². The number of nitrogens with zero attached hydrogens (tertiary/aromatic N) is 1. The molecule has 0 bridgehead atoms. The minimum Gasteiger partial charge on any atom is -0.343 e. The minimum atomic E-state index is -0.361. The Morgan fingerprint density at radius 1 is 1.29 bits per heavy atom. The van der Waals surface area contributed by atoms with Gasteiger partial charge in [0.05, 0.1) is 6.54 Å². The third-order valence-corrected chi connectivity index (χ3v) is 2.90. The Bertz CT molecular complexity index is 417. The summed E-state index contributed by atoms with van der Waals surface area (Å²) in [6, 6.07) is 9.35. The molecule has 0 spiro atoms. The Labute approximate surface area is 101 Å². The second-order valence-electron chi connectivity index (χ2n) is 4.21. The van der Waals surface area contributed by atoms with Gasteiger partial charge in [0, 0.05) is 6.54 Å². The fraction of sp³-hybridized carbons (Fsp3) is 0.385. The average Bonchev–Trinajstić information content (AvgIpc) is 2.34. The molecule has 0 aliphatic carbocycles. The topological polar surface area (TPSA) is 49.4 Å². The Hall–Kier alpha value is -1.84. The van der Waals surface area contributed by atoms with Gasteiger partial charge in [-0.1, -0.05) is 37.3 Å². The molecule has 1 aliphatic rings. The van der Waals surface area contributed by atoms with E-state index in [-0.39, 0.29) is 24.4 Å². The van der Waals surface area contributed by atoms with Crippen LogP contribution in [0.2, 0.25) is 0 Å². The normalized spacial score (nSPS) is 20.3. The zero-order chi connectivity index (χ0) is 12.3. The van der Waals surface area contributed by atoms with E-state index in [4.69, 9.17) is 0 Å². The van der Waals surface area contributed by atoms with Gasteiger partial charge in [0.1, 0.15) is 6.04 Å². The van der Waals surface area contributed by atoms with E-state index in [0.29, 0.717) is 13.0 Å². The van der Waals surface area contributed by atoms with Crippen molar-refractivity contribution in [1.82, 2.24) is 10.2 Å². The van der Waals surface area contributed by atoms with Crippen molar-refractivity contribution in [3.8, 4) is 0 Å². The van der Waals surface area contributed by atoms with E-state index in [0.717, 1.165) is 5.56 Å². The summed E-state index contributed by atoms with van der Waals surface area (Å²) in [5.74, 6) is -0.0664. The van der Waals surface area contributed by atoms with Gasteiger partial charge in [-0.3, -0.25) is 9.59 Å². The molecule has 2 rings (SSSR count). The van der Waals surface area contributed by atoms with Gasteiger partial charge in [-0.05, 0) is 12.0 Å². The lowest BCUT2D eigenvalue weighted by Crippen LogP contribution is -2.57. The van der Waals surface area contributed by atoms with Crippen LogP contribution in [0.15, 0.2) is 30.3 Å².